The quantitative estimate of drug-likeness (QED) is 0.583. The third-order valence-corrected chi connectivity index (χ3v) is 1.86. The minimum absolute atomic E-state index is 0.457. The lowest BCUT2D eigenvalue weighted by molar-refractivity contribution is -0.187. The number of halogens is 6. The summed E-state index contributed by atoms with van der Waals surface area (Å²) in [5, 5.41) is 1.74. The molecule has 0 radical (unpaired) electrons. The number of nitrogens with one attached hydrogen (secondary N) is 1. The summed E-state index contributed by atoms with van der Waals surface area (Å²) in [6, 6.07) is 0. The number of hydrogen-bond donors (Lipinski definition) is 2. The Morgan fingerprint density at radius 3 is 2.11 bits per heavy atom. The van der Waals surface area contributed by atoms with E-state index in [0.717, 1.165) is 0 Å². The predicted octanol–water partition coefficient (Wildman–Crippen LogP) is 0.961. The topological polar surface area (TPSA) is 64.4 Å². The number of amides is 1. The van der Waals surface area contributed by atoms with Gasteiger partial charge in [-0.05, 0) is 6.92 Å². The van der Waals surface area contributed by atoms with E-state index in [9.17, 15) is 31.1 Å². The van der Waals surface area contributed by atoms with Crippen molar-refractivity contribution in [2.45, 2.75) is 24.8 Å². The van der Waals surface area contributed by atoms with Crippen molar-refractivity contribution >= 4 is 5.91 Å². The lowest BCUT2D eigenvalue weighted by Crippen LogP contribution is -2.61. The predicted molar refractivity (Wildman–Crippen MR) is 48.5 cm³/mol. The minimum atomic E-state index is -4.95. The molecule has 1 atom stereocenters. The molecular formula is C8H12F6N2O2. The first kappa shape index (κ1) is 17.0. The van der Waals surface area contributed by atoms with Gasteiger partial charge in [-0.25, -0.2) is 0 Å². The van der Waals surface area contributed by atoms with Crippen LogP contribution in [0.15, 0.2) is 0 Å². The molecule has 10 heteroatoms. The van der Waals surface area contributed by atoms with Crippen LogP contribution in [0.4, 0.5) is 26.3 Å². The van der Waals surface area contributed by atoms with Crippen LogP contribution in [0.3, 0.4) is 0 Å². The molecule has 108 valence electrons. The zero-order valence-corrected chi connectivity index (χ0v) is 9.28. The van der Waals surface area contributed by atoms with Gasteiger partial charge in [0.05, 0.1) is 6.61 Å². The summed E-state index contributed by atoms with van der Waals surface area (Å²) in [5.74, 6) is -1.54. The van der Waals surface area contributed by atoms with E-state index in [2.05, 4.69) is 4.74 Å². The van der Waals surface area contributed by atoms with Crippen molar-refractivity contribution in [1.29, 1.82) is 0 Å². The molecule has 1 unspecified atom stereocenters. The van der Waals surface area contributed by atoms with E-state index >= 15 is 0 Å². The van der Waals surface area contributed by atoms with Crippen LogP contribution in [-0.4, -0.2) is 43.6 Å². The summed E-state index contributed by atoms with van der Waals surface area (Å²) in [7, 11) is 0. The van der Waals surface area contributed by atoms with E-state index in [1.165, 1.54) is 0 Å². The summed E-state index contributed by atoms with van der Waals surface area (Å²) >= 11 is 0. The lowest BCUT2D eigenvalue weighted by Gasteiger charge is -2.26. The molecule has 0 saturated heterocycles. The Morgan fingerprint density at radius 2 is 1.72 bits per heavy atom. The summed E-state index contributed by atoms with van der Waals surface area (Å²) < 4.78 is 75.7. The highest BCUT2D eigenvalue weighted by Gasteiger charge is 2.53. The molecule has 0 bridgehead atoms. The number of carbonyl (C=O) groups is 1. The molecule has 3 N–H and O–H groups in total. The van der Waals surface area contributed by atoms with Crippen LogP contribution in [0.25, 0.3) is 0 Å². The maximum Gasteiger partial charge on any atom is 0.415 e. The molecule has 0 heterocycles. The van der Waals surface area contributed by atoms with E-state index < -0.39 is 43.6 Å². The smallest absolute Gasteiger partial charge is 0.370 e. The molecule has 1 amide bonds. The second kappa shape index (κ2) is 5.74. The fourth-order valence-electron chi connectivity index (χ4n) is 0.737. The van der Waals surface area contributed by atoms with Crippen LogP contribution >= 0.6 is 0 Å². The van der Waals surface area contributed by atoms with Gasteiger partial charge in [-0.1, -0.05) is 0 Å². The van der Waals surface area contributed by atoms with Gasteiger partial charge in [0.25, 0.3) is 0 Å². The van der Waals surface area contributed by atoms with Gasteiger partial charge in [0.15, 0.2) is 5.54 Å². The van der Waals surface area contributed by atoms with Crippen molar-refractivity contribution in [1.82, 2.24) is 5.32 Å². The fraction of sp³-hybridized carbons (Fsp3) is 0.875. The van der Waals surface area contributed by atoms with Crippen LogP contribution in [0.2, 0.25) is 0 Å². The highest BCUT2D eigenvalue weighted by Crippen LogP contribution is 2.27. The Balaban J connectivity index is 3.99. The molecule has 0 aromatic carbocycles. The Morgan fingerprint density at radius 1 is 1.22 bits per heavy atom. The molecule has 0 rings (SSSR count). The highest BCUT2D eigenvalue weighted by molar-refractivity contribution is 5.86. The molecule has 0 aromatic rings. The van der Waals surface area contributed by atoms with Crippen molar-refractivity contribution in [3.63, 3.8) is 0 Å². The van der Waals surface area contributed by atoms with Crippen LogP contribution < -0.4 is 11.1 Å². The Labute approximate surface area is 98.5 Å². The normalized spacial score (nSPS) is 16.2. The molecule has 18 heavy (non-hydrogen) atoms. The van der Waals surface area contributed by atoms with Gasteiger partial charge < -0.3 is 15.8 Å². The third-order valence-electron chi connectivity index (χ3n) is 1.86. The van der Waals surface area contributed by atoms with E-state index in [4.69, 9.17) is 5.73 Å². The molecule has 0 aliphatic rings. The molecule has 0 saturated carbocycles. The maximum atomic E-state index is 12.2. The van der Waals surface area contributed by atoms with E-state index in [1.54, 1.807) is 5.32 Å². The number of ether oxygens (including phenoxy) is 1. The molecule has 0 fully saturated rings. The van der Waals surface area contributed by atoms with Gasteiger partial charge in [0.2, 0.25) is 5.91 Å². The van der Waals surface area contributed by atoms with Gasteiger partial charge in [0, 0.05) is 6.54 Å². The summed E-state index contributed by atoms with van der Waals surface area (Å²) in [6.07, 6.45) is -9.48. The number of alkyl halides is 6. The summed E-state index contributed by atoms with van der Waals surface area (Å²) in [4.78, 5) is 11.0. The van der Waals surface area contributed by atoms with Crippen molar-refractivity contribution in [3.05, 3.63) is 0 Å². The maximum absolute atomic E-state index is 12.2. The summed E-state index contributed by atoms with van der Waals surface area (Å²) in [5.41, 5.74) is 1.66. The SMILES string of the molecule is CC(N)(C(=O)NCCOCC(F)(F)F)C(F)(F)F. The van der Waals surface area contributed by atoms with Crippen LogP contribution in [0.5, 0.6) is 0 Å². The molecule has 0 aliphatic heterocycles. The van der Waals surface area contributed by atoms with E-state index in [1.807, 2.05) is 0 Å². The lowest BCUT2D eigenvalue weighted by atomic mass is 10.0. The number of rotatable bonds is 5. The Hall–Kier alpha value is -1.03. The van der Waals surface area contributed by atoms with Crippen molar-refractivity contribution in [2.24, 2.45) is 5.73 Å². The van der Waals surface area contributed by atoms with Crippen molar-refractivity contribution < 1.29 is 35.9 Å². The standard InChI is InChI=1S/C8H12F6N2O2/c1-6(15,8(12,13)14)5(17)16-2-3-18-4-7(9,10)11/h2-4,15H2,1H3,(H,16,17). The second-order valence-electron chi connectivity index (χ2n) is 3.62. The molecule has 0 aliphatic carbocycles. The fourth-order valence-corrected chi connectivity index (χ4v) is 0.737. The van der Waals surface area contributed by atoms with Gasteiger partial charge in [-0.2, -0.15) is 26.3 Å². The Bertz CT molecular complexity index is 286. The molecule has 4 nitrogen and oxygen atoms in total. The largest absolute Gasteiger partial charge is 0.415 e. The first-order valence-electron chi connectivity index (χ1n) is 4.66. The average molecular weight is 282 g/mol. The number of nitrogens with two attached hydrogens (primary N) is 1. The van der Waals surface area contributed by atoms with Crippen molar-refractivity contribution in [3.8, 4) is 0 Å². The molecule has 0 spiro atoms. The number of carbonyl (C=O) groups excluding carboxylic acids is 1. The average Bonchev–Trinajstić information content (AvgIpc) is 2.13. The van der Waals surface area contributed by atoms with E-state index in [0.29, 0.717) is 6.92 Å². The van der Waals surface area contributed by atoms with Crippen LogP contribution in [0.1, 0.15) is 6.92 Å². The van der Waals surface area contributed by atoms with Gasteiger partial charge in [0.1, 0.15) is 6.61 Å². The zero-order valence-electron chi connectivity index (χ0n) is 9.28. The highest BCUT2D eigenvalue weighted by atomic mass is 19.4. The first-order valence-corrected chi connectivity index (χ1v) is 4.66. The molecule has 0 aromatic heterocycles. The summed E-state index contributed by atoms with van der Waals surface area (Å²) in [6.45, 7) is -2.15. The first-order chi connectivity index (χ1) is 7.88. The van der Waals surface area contributed by atoms with Crippen LogP contribution in [0, 0.1) is 0 Å². The minimum Gasteiger partial charge on any atom is -0.370 e. The molecular weight excluding hydrogens is 270 g/mol. The van der Waals surface area contributed by atoms with Gasteiger partial charge >= 0.3 is 12.4 Å². The van der Waals surface area contributed by atoms with Crippen LogP contribution in [-0.2, 0) is 9.53 Å². The third kappa shape index (κ3) is 5.54. The Kier molecular flexibility index (Phi) is 5.41. The zero-order chi connectivity index (χ0) is 14.6. The second-order valence-corrected chi connectivity index (χ2v) is 3.62. The van der Waals surface area contributed by atoms with Crippen molar-refractivity contribution in [2.75, 3.05) is 19.8 Å². The van der Waals surface area contributed by atoms with Gasteiger partial charge in [-0.3, -0.25) is 4.79 Å². The number of hydrogen-bond acceptors (Lipinski definition) is 3. The monoisotopic (exact) mass is 282 g/mol. The van der Waals surface area contributed by atoms with E-state index in [-0.39, 0.29) is 0 Å². The van der Waals surface area contributed by atoms with Gasteiger partial charge in [-0.15, -0.1) is 0 Å².